The number of carboxylic acids is 1. The van der Waals surface area contributed by atoms with Crippen LogP contribution in [0.2, 0.25) is 0 Å². The lowest BCUT2D eigenvalue weighted by molar-refractivity contribution is -0.154. The highest BCUT2D eigenvalue weighted by Crippen LogP contribution is 2.25. The molecule has 0 aromatic carbocycles. The average molecular weight is 268 g/mol. The van der Waals surface area contributed by atoms with Gasteiger partial charge >= 0.3 is 5.97 Å². The van der Waals surface area contributed by atoms with Gasteiger partial charge in [-0.25, -0.2) is 4.79 Å². The summed E-state index contributed by atoms with van der Waals surface area (Å²) < 4.78 is 0. The third kappa shape index (κ3) is 2.91. The van der Waals surface area contributed by atoms with Gasteiger partial charge in [-0.05, 0) is 52.5 Å². The van der Waals surface area contributed by atoms with Gasteiger partial charge in [0.15, 0.2) is 0 Å². The standard InChI is InChI=1S/C14H24N2O3/c1-10(2)15-9-5-7-11(15)13(17)16-8-4-3-6-12(16)14(18)19/h10-12H,3-9H2,1-2H3,(H,18,19)/t11-,12?/m0/s1. The molecule has 2 saturated heterocycles. The molecule has 0 aromatic heterocycles. The van der Waals surface area contributed by atoms with Gasteiger partial charge < -0.3 is 10.0 Å². The molecule has 2 fully saturated rings. The van der Waals surface area contributed by atoms with Gasteiger partial charge in [-0.2, -0.15) is 0 Å². The summed E-state index contributed by atoms with van der Waals surface area (Å²) in [7, 11) is 0. The van der Waals surface area contributed by atoms with Gasteiger partial charge in [-0.1, -0.05) is 0 Å². The molecule has 5 nitrogen and oxygen atoms in total. The molecule has 2 heterocycles. The van der Waals surface area contributed by atoms with Crippen molar-refractivity contribution in [2.45, 2.75) is 64.1 Å². The van der Waals surface area contributed by atoms with E-state index in [1.54, 1.807) is 4.90 Å². The van der Waals surface area contributed by atoms with Crippen LogP contribution < -0.4 is 0 Å². The molecule has 108 valence electrons. The molecular formula is C14H24N2O3. The van der Waals surface area contributed by atoms with E-state index in [4.69, 9.17) is 0 Å². The summed E-state index contributed by atoms with van der Waals surface area (Å²) in [5.41, 5.74) is 0. The van der Waals surface area contributed by atoms with Gasteiger partial charge in [0.1, 0.15) is 6.04 Å². The van der Waals surface area contributed by atoms with Gasteiger partial charge in [-0.3, -0.25) is 9.69 Å². The molecule has 2 rings (SSSR count). The maximum absolute atomic E-state index is 12.7. The van der Waals surface area contributed by atoms with Gasteiger partial charge in [0.05, 0.1) is 6.04 Å². The van der Waals surface area contributed by atoms with Crippen molar-refractivity contribution in [3.8, 4) is 0 Å². The van der Waals surface area contributed by atoms with Gasteiger partial charge in [-0.15, -0.1) is 0 Å². The Labute approximate surface area is 114 Å². The Morgan fingerprint density at radius 3 is 2.37 bits per heavy atom. The van der Waals surface area contributed by atoms with Crippen molar-refractivity contribution in [3.63, 3.8) is 0 Å². The van der Waals surface area contributed by atoms with Crippen LogP contribution in [-0.4, -0.2) is 58.0 Å². The highest BCUT2D eigenvalue weighted by Gasteiger charge is 2.39. The zero-order valence-electron chi connectivity index (χ0n) is 11.8. The van der Waals surface area contributed by atoms with Gasteiger partial charge in [0.2, 0.25) is 5.91 Å². The summed E-state index contributed by atoms with van der Waals surface area (Å²) in [6.07, 6.45) is 4.30. The van der Waals surface area contributed by atoms with Crippen molar-refractivity contribution in [1.82, 2.24) is 9.80 Å². The number of likely N-dealkylation sites (tertiary alicyclic amines) is 2. The number of hydrogen-bond acceptors (Lipinski definition) is 3. The molecule has 1 amide bonds. The topological polar surface area (TPSA) is 60.9 Å². The molecule has 0 saturated carbocycles. The fourth-order valence-corrected chi connectivity index (χ4v) is 3.32. The summed E-state index contributed by atoms with van der Waals surface area (Å²) in [6, 6.07) is -0.389. The molecule has 1 unspecified atom stereocenters. The van der Waals surface area contributed by atoms with Crippen LogP contribution >= 0.6 is 0 Å². The smallest absolute Gasteiger partial charge is 0.326 e. The van der Waals surface area contributed by atoms with E-state index < -0.39 is 12.0 Å². The number of piperidine rings is 1. The monoisotopic (exact) mass is 268 g/mol. The minimum Gasteiger partial charge on any atom is -0.480 e. The van der Waals surface area contributed by atoms with E-state index in [1.807, 2.05) is 0 Å². The van der Waals surface area contributed by atoms with Crippen LogP contribution in [0.4, 0.5) is 0 Å². The van der Waals surface area contributed by atoms with Crippen LogP contribution in [0.5, 0.6) is 0 Å². The highest BCUT2D eigenvalue weighted by atomic mass is 16.4. The lowest BCUT2D eigenvalue weighted by atomic mass is 10.0. The van der Waals surface area contributed by atoms with E-state index in [1.165, 1.54) is 0 Å². The largest absolute Gasteiger partial charge is 0.480 e. The number of amides is 1. The van der Waals surface area contributed by atoms with Crippen LogP contribution in [0.1, 0.15) is 46.0 Å². The zero-order chi connectivity index (χ0) is 14.0. The maximum Gasteiger partial charge on any atom is 0.326 e. The van der Waals surface area contributed by atoms with Crippen molar-refractivity contribution < 1.29 is 14.7 Å². The summed E-state index contributed by atoms with van der Waals surface area (Å²) in [5, 5.41) is 9.27. The lowest BCUT2D eigenvalue weighted by Gasteiger charge is -2.37. The second-order valence-corrected chi connectivity index (χ2v) is 5.87. The molecule has 0 aromatic rings. The first-order valence-corrected chi connectivity index (χ1v) is 7.31. The van der Waals surface area contributed by atoms with Crippen molar-refractivity contribution in [3.05, 3.63) is 0 Å². The molecule has 2 aliphatic rings. The fraction of sp³-hybridized carbons (Fsp3) is 0.857. The predicted molar refractivity (Wildman–Crippen MR) is 71.9 cm³/mol. The Morgan fingerprint density at radius 2 is 1.74 bits per heavy atom. The quantitative estimate of drug-likeness (QED) is 0.838. The molecule has 2 atom stereocenters. The van der Waals surface area contributed by atoms with E-state index >= 15 is 0 Å². The Kier molecular flexibility index (Phi) is 4.45. The minimum absolute atomic E-state index is 0.0262. The van der Waals surface area contributed by atoms with E-state index in [0.29, 0.717) is 19.0 Å². The molecule has 0 aliphatic carbocycles. The summed E-state index contributed by atoms with van der Waals surface area (Å²) in [6.45, 7) is 5.73. The molecule has 0 bridgehead atoms. The third-order valence-electron chi connectivity index (χ3n) is 4.31. The Hall–Kier alpha value is -1.10. The van der Waals surface area contributed by atoms with Crippen LogP contribution in [-0.2, 0) is 9.59 Å². The Morgan fingerprint density at radius 1 is 1.05 bits per heavy atom. The van der Waals surface area contributed by atoms with E-state index in [-0.39, 0.29) is 11.9 Å². The first kappa shape index (κ1) is 14.3. The third-order valence-corrected chi connectivity index (χ3v) is 4.31. The molecular weight excluding hydrogens is 244 g/mol. The second kappa shape index (κ2) is 5.90. The summed E-state index contributed by atoms with van der Waals surface area (Å²) in [5.74, 6) is -0.833. The molecule has 2 aliphatic heterocycles. The number of carbonyl (C=O) groups excluding carboxylic acids is 1. The molecule has 5 heteroatoms. The zero-order valence-corrected chi connectivity index (χ0v) is 11.8. The number of aliphatic carboxylic acids is 1. The second-order valence-electron chi connectivity index (χ2n) is 5.87. The van der Waals surface area contributed by atoms with Crippen molar-refractivity contribution >= 4 is 11.9 Å². The SMILES string of the molecule is CC(C)N1CCC[C@H]1C(=O)N1CCCCC1C(=O)O. The number of carboxylic acid groups (broad SMARTS) is 1. The number of rotatable bonds is 3. The Balaban J connectivity index is 2.10. The number of nitrogens with zero attached hydrogens (tertiary/aromatic N) is 2. The summed E-state index contributed by atoms with van der Waals surface area (Å²) in [4.78, 5) is 27.8. The van der Waals surface area contributed by atoms with Crippen LogP contribution in [0.3, 0.4) is 0 Å². The average Bonchev–Trinajstić information content (AvgIpc) is 2.87. The molecule has 0 spiro atoms. The first-order valence-electron chi connectivity index (χ1n) is 7.31. The van der Waals surface area contributed by atoms with Crippen molar-refractivity contribution in [1.29, 1.82) is 0 Å². The van der Waals surface area contributed by atoms with Crippen LogP contribution in [0, 0.1) is 0 Å². The van der Waals surface area contributed by atoms with E-state index in [9.17, 15) is 14.7 Å². The molecule has 19 heavy (non-hydrogen) atoms. The van der Waals surface area contributed by atoms with Gasteiger partial charge in [0.25, 0.3) is 0 Å². The minimum atomic E-state index is -0.859. The number of carbonyl (C=O) groups is 2. The van der Waals surface area contributed by atoms with Crippen molar-refractivity contribution in [2.24, 2.45) is 0 Å². The fourth-order valence-electron chi connectivity index (χ4n) is 3.32. The first-order chi connectivity index (χ1) is 9.02. The number of hydrogen-bond donors (Lipinski definition) is 1. The predicted octanol–water partition coefficient (Wildman–Crippen LogP) is 1.32. The molecule has 1 N–H and O–H groups in total. The van der Waals surface area contributed by atoms with Gasteiger partial charge in [0, 0.05) is 12.6 Å². The maximum atomic E-state index is 12.7. The summed E-state index contributed by atoms with van der Waals surface area (Å²) >= 11 is 0. The lowest BCUT2D eigenvalue weighted by Crippen LogP contribution is -2.54. The van der Waals surface area contributed by atoms with E-state index in [0.717, 1.165) is 32.2 Å². The molecule has 0 radical (unpaired) electrons. The van der Waals surface area contributed by atoms with Crippen LogP contribution in [0.25, 0.3) is 0 Å². The van der Waals surface area contributed by atoms with Crippen molar-refractivity contribution in [2.75, 3.05) is 13.1 Å². The highest BCUT2D eigenvalue weighted by molar-refractivity contribution is 5.87. The van der Waals surface area contributed by atoms with Crippen LogP contribution in [0.15, 0.2) is 0 Å². The van der Waals surface area contributed by atoms with E-state index in [2.05, 4.69) is 18.7 Å². The Bertz CT molecular complexity index is 357. The normalized spacial score (nSPS) is 28.9.